The third-order valence-electron chi connectivity index (χ3n) is 2.83. The van der Waals surface area contributed by atoms with Crippen molar-refractivity contribution in [3.63, 3.8) is 0 Å². The number of halogens is 2. The number of rotatable bonds is 2. The van der Waals surface area contributed by atoms with Crippen molar-refractivity contribution in [3.8, 4) is 16.9 Å². The van der Waals surface area contributed by atoms with Crippen LogP contribution in [-0.2, 0) is 0 Å². The van der Waals surface area contributed by atoms with Crippen molar-refractivity contribution in [1.29, 1.82) is 0 Å². The molecule has 20 heavy (non-hydrogen) atoms. The van der Waals surface area contributed by atoms with Crippen LogP contribution in [0.5, 0.6) is 0 Å². The first-order chi connectivity index (χ1) is 9.63. The van der Waals surface area contributed by atoms with E-state index in [-0.39, 0.29) is 0 Å². The Morgan fingerprint density at radius 1 is 1.10 bits per heavy atom. The Morgan fingerprint density at radius 2 is 1.85 bits per heavy atom. The Morgan fingerprint density at radius 3 is 2.55 bits per heavy atom. The van der Waals surface area contributed by atoms with E-state index in [1.54, 1.807) is 23.1 Å². The molecule has 1 aromatic carbocycles. The molecule has 0 aliphatic carbocycles. The van der Waals surface area contributed by atoms with E-state index in [0.29, 0.717) is 10.8 Å². The fourth-order valence-electron chi connectivity index (χ4n) is 1.84. The van der Waals surface area contributed by atoms with E-state index < -0.39 is 0 Å². The minimum atomic E-state index is 0.534. The first-order valence-corrected chi connectivity index (χ1v) is 7.02. The fourth-order valence-corrected chi connectivity index (χ4v) is 2.56. The second kappa shape index (κ2) is 5.26. The second-order valence-corrected chi connectivity index (χ2v) is 5.58. The van der Waals surface area contributed by atoms with Gasteiger partial charge in [0, 0.05) is 28.1 Å². The molecule has 0 unspecified atom stereocenters. The second-order valence-electron chi connectivity index (χ2n) is 4.25. The number of nitrogens with two attached hydrogens (primary N) is 1. The molecule has 100 valence electrons. The number of hydrogen-bond donors (Lipinski definition) is 1. The summed E-state index contributed by atoms with van der Waals surface area (Å²) < 4.78 is 2.48. The Kier molecular flexibility index (Phi) is 3.46. The Labute approximate surface area is 129 Å². The molecule has 0 bridgehead atoms. The number of pyridine rings is 1. The summed E-state index contributed by atoms with van der Waals surface area (Å²) in [6.45, 7) is 0. The summed E-state index contributed by atoms with van der Waals surface area (Å²) in [6, 6.07) is 9.41. The molecule has 0 aliphatic rings. The van der Waals surface area contributed by atoms with Gasteiger partial charge in [-0.2, -0.15) is 5.10 Å². The number of benzene rings is 1. The zero-order chi connectivity index (χ0) is 14.1. The van der Waals surface area contributed by atoms with Crippen molar-refractivity contribution in [1.82, 2.24) is 14.8 Å². The monoisotopic (exact) mass is 348 g/mol. The van der Waals surface area contributed by atoms with E-state index in [1.807, 2.05) is 30.5 Å². The Bertz CT molecular complexity index is 752. The molecule has 0 aliphatic heterocycles. The highest BCUT2D eigenvalue weighted by Gasteiger charge is 2.08. The summed E-state index contributed by atoms with van der Waals surface area (Å²) in [6.07, 6.45) is 5.34. The van der Waals surface area contributed by atoms with E-state index in [2.05, 4.69) is 26.0 Å². The van der Waals surface area contributed by atoms with Gasteiger partial charge in [0.1, 0.15) is 0 Å². The SMILES string of the molecule is Nc1ccc(-c2cnn(-c3ncc(Br)cc3Cl)c2)cc1. The highest BCUT2D eigenvalue weighted by molar-refractivity contribution is 9.10. The molecule has 3 rings (SSSR count). The summed E-state index contributed by atoms with van der Waals surface area (Å²) in [4.78, 5) is 4.27. The Hall–Kier alpha value is -1.85. The molecule has 0 saturated heterocycles. The average Bonchev–Trinajstić information content (AvgIpc) is 2.89. The van der Waals surface area contributed by atoms with Gasteiger partial charge < -0.3 is 5.73 Å². The normalized spacial score (nSPS) is 10.7. The van der Waals surface area contributed by atoms with Crippen LogP contribution in [0.15, 0.2) is 53.4 Å². The van der Waals surface area contributed by atoms with Gasteiger partial charge in [0.25, 0.3) is 0 Å². The lowest BCUT2D eigenvalue weighted by molar-refractivity contribution is 0.846. The van der Waals surface area contributed by atoms with Gasteiger partial charge in [-0.1, -0.05) is 23.7 Å². The number of nitrogens with zero attached hydrogens (tertiary/aromatic N) is 3. The first-order valence-electron chi connectivity index (χ1n) is 5.85. The molecular formula is C14H10BrClN4. The highest BCUT2D eigenvalue weighted by Crippen LogP contribution is 2.25. The minimum absolute atomic E-state index is 0.534. The van der Waals surface area contributed by atoms with Crippen LogP contribution in [0.3, 0.4) is 0 Å². The number of anilines is 1. The molecule has 0 fully saturated rings. The van der Waals surface area contributed by atoms with Crippen molar-refractivity contribution >= 4 is 33.2 Å². The predicted molar refractivity (Wildman–Crippen MR) is 83.9 cm³/mol. The van der Waals surface area contributed by atoms with Crippen LogP contribution in [0.1, 0.15) is 0 Å². The van der Waals surface area contributed by atoms with Gasteiger partial charge in [-0.25, -0.2) is 9.67 Å². The predicted octanol–water partition coefficient (Wildman–Crippen LogP) is 3.93. The van der Waals surface area contributed by atoms with E-state index in [0.717, 1.165) is 21.3 Å². The van der Waals surface area contributed by atoms with Crippen molar-refractivity contribution in [3.05, 3.63) is 58.4 Å². The lowest BCUT2D eigenvalue weighted by Gasteiger charge is -2.03. The lowest BCUT2D eigenvalue weighted by atomic mass is 10.1. The molecule has 2 aromatic heterocycles. The summed E-state index contributed by atoms with van der Waals surface area (Å²) in [5.74, 6) is 0.594. The molecule has 0 amide bonds. The van der Waals surface area contributed by atoms with Crippen LogP contribution in [-0.4, -0.2) is 14.8 Å². The van der Waals surface area contributed by atoms with Crippen molar-refractivity contribution in [2.45, 2.75) is 0 Å². The minimum Gasteiger partial charge on any atom is -0.399 e. The van der Waals surface area contributed by atoms with E-state index in [9.17, 15) is 0 Å². The molecule has 0 atom stereocenters. The lowest BCUT2D eigenvalue weighted by Crippen LogP contribution is -1.98. The fraction of sp³-hybridized carbons (Fsp3) is 0. The van der Waals surface area contributed by atoms with Crippen molar-refractivity contribution in [2.24, 2.45) is 0 Å². The van der Waals surface area contributed by atoms with Crippen LogP contribution >= 0.6 is 27.5 Å². The van der Waals surface area contributed by atoms with Crippen LogP contribution in [0.2, 0.25) is 5.02 Å². The molecule has 4 nitrogen and oxygen atoms in total. The van der Waals surface area contributed by atoms with Crippen molar-refractivity contribution in [2.75, 3.05) is 5.73 Å². The van der Waals surface area contributed by atoms with Gasteiger partial charge >= 0.3 is 0 Å². The van der Waals surface area contributed by atoms with Crippen LogP contribution in [0, 0.1) is 0 Å². The van der Waals surface area contributed by atoms with Crippen LogP contribution in [0.4, 0.5) is 5.69 Å². The Balaban J connectivity index is 1.99. The molecule has 0 spiro atoms. The zero-order valence-corrected chi connectivity index (χ0v) is 12.6. The first kappa shape index (κ1) is 13.1. The molecular weight excluding hydrogens is 340 g/mol. The standard InChI is InChI=1S/C14H10BrClN4/c15-11-5-13(16)14(18-7-11)20-8-10(6-19-20)9-1-3-12(17)4-2-9/h1-8H,17H2. The molecule has 3 aromatic rings. The van der Waals surface area contributed by atoms with Gasteiger partial charge in [0.2, 0.25) is 0 Å². The largest absolute Gasteiger partial charge is 0.399 e. The topological polar surface area (TPSA) is 56.7 Å². The maximum Gasteiger partial charge on any atom is 0.172 e. The molecule has 2 heterocycles. The maximum absolute atomic E-state index is 6.17. The third-order valence-corrected chi connectivity index (χ3v) is 3.54. The number of aromatic nitrogens is 3. The van der Waals surface area contributed by atoms with Gasteiger partial charge in [0.15, 0.2) is 5.82 Å². The quantitative estimate of drug-likeness (QED) is 0.713. The van der Waals surface area contributed by atoms with Gasteiger partial charge in [-0.3, -0.25) is 0 Å². The van der Waals surface area contributed by atoms with Crippen molar-refractivity contribution < 1.29 is 0 Å². The average molecular weight is 350 g/mol. The number of hydrogen-bond acceptors (Lipinski definition) is 3. The third kappa shape index (κ3) is 2.55. The maximum atomic E-state index is 6.17. The van der Waals surface area contributed by atoms with Gasteiger partial charge in [0.05, 0.1) is 11.2 Å². The smallest absolute Gasteiger partial charge is 0.172 e. The molecule has 2 N–H and O–H groups in total. The van der Waals surface area contributed by atoms with E-state index in [1.165, 1.54) is 0 Å². The van der Waals surface area contributed by atoms with E-state index >= 15 is 0 Å². The summed E-state index contributed by atoms with van der Waals surface area (Å²) in [7, 11) is 0. The van der Waals surface area contributed by atoms with Gasteiger partial charge in [-0.15, -0.1) is 0 Å². The summed E-state index contributed by atoms with van der Waals surface area (Å²) in [5.41, 5.74) is 8.44. The summed E-state index contributed by atoms with van der Waals surface area (Å²) in [5, 5.41) is 4.83. The van der Waals surface area contributed by atoms with Gasteiger partial charge in [-0.05, 0) is 39.7 Å². The summed E-state index contributed by atoms with van der Waals surface area (Å²) >= 11 is 9.50. The molecule has 0 saturated carbocycles. The zero-order valence-electron chi connectivity index (χ0n) is 10.3. The van der Waals surface area contributed by atoms with Crippen LogP contribution < -0.4 is 5.73 Å². The number of nitrogen functional groups attached to an aromatic ring is 1. The van der Waals surface area contributed by atoms with E-state index in [4.69, 9.17) is 17.3 Å². The highest BCUT2D eigenvalue weighted by atomic mass is 79.9. The molecule has 6 heteroatoms. The van der Waals surface area contributed by atoms with Crippen LogP contribution in [0.25, 0.3) is 16.9 Å². The molecule has 0 radical (unpaired) electrons.